The molecule has 12 heavy (non-hydrogen) atoms. The van der Waals surface area contributed by atoms with Gasteiger partial charge in [0.05, 0.1) is 12.4 Å². The minimum absolute atomic E-state index is 0.199. The monoisotopic (exact) mass is 193 g/mol. The first kappa shape index (κ1) is 9.95. The Morgan fingerprint density at radius 1 is 1.58 bits per heavy atom. The van der Waals surface area contributed by atoms with Gasteiger partial charge < -0.3 is 5.32 Å². The van der Waals surface area contributed by atoms with Crippen LogP contribution in [-0.4, -0.2) is 33.9 Å². The minimum atomic E-state index is -3.29. The second-order valence-electron chi connectivity index (χ2n) is 3.26. The standard InChI is InChI=1S/C7H15NO3S/c1-6(11-12(2,9)10)7-3-4-8-5-7/h6-8H,3-5H2,1-2H3. The van der Waals surface area contributed by atoms with E-state index in [0.717, 1.165) is 25.8 Å². The molecule has 2 atom stereocenters. The van der Waals surface area contributed by atoms with Crippen molar-refractivity contribution in [3.8, 4) is 0 Å². The van der Waals surface area contributed by atoms with Gasteiger partial charge in [-0.15, -0.1) is 0 Å². The molecule has 0 aromatic carbocycles. The van der Waals surface area contributed by atoms with Crippen LogP contribution in [0.4, 0.5) is 0 Å². The summed E-state index contributed by atoms with van der Waals surface area (Å²) >= 11 is 0. The molecule has 0 spiro atoms. The second kappa shape index (κ2) is 3.72. The fraction of sp³-hybridized carbons (Fsp3) is 1.00. The largest absolute Gasteiger partial charge is 0.316 e. The van der Waals surface area contributed by atoms with Crippen LogP contribution in [0.25, 0.3) is 0 Å². The molecule has 1 fully saturated rings. The van der Waals surface area contributed by atoms with E-state index in [1.165, 1.54) is 0 Å². The predicted octanol–water partition coefficient (Wildman–Crippen LogP) is -0.0394. The van der Waals surface area contributed by atoms with Gasteiger partial charge in [-0.2, -0.15) is 8.42 Å². The summed E-state index contributed by atoms with van der Waals surface area (Å²) in [6.45, 7) is 3.62. The van der Waals surface area contributed by atoms with Crippen LogP contribution in [-0.2, 0) is 14.3 Å². The van der Waals surface area contributed by atoms with Crippen molar-refractivity contribution in [3.05, 3.63) is 0 Å². The summed E-state index contributed by atoms with van der Waals surface area (Å²) in [6, 6.07) is 0. The molecule has 1 heterocycles. The third-order valence-electron chi connectivity index (χ3n) is 2.09. The van der Waals surface area contributed by atoms with Crippen molar-refractivity contribution < 1.29 is 12.6 Å². The van der Waals surface area contributed by atoms with E-state index in [9.17, 15) is 8.42 Å². The fourth-order valence-electron chi connectivity index (χ4n) is 1.43. The molecule has 5 heteroatoms. The molecule has 72 valence electrons. The highest BCUT2D eigenvalue weighted by molar-refractivity contribution is 7.86. The van der Waals surface area contributed by atoms with Gasteiger partial charge in [0.15, 0.2) is 0 Å². The molecular formula is C7H15NO3S. The third-order valence-corrected chi connectivity index (χ3v) is 2.74. The maximum Gasteiger partial charge on any atom is 0.264 e. The summed E-state index contributed by atoms with van der Waals surface area (Å²) in [5.41, 5.74) is 0. The maximum absolute atomic E-state index is 10.8. The Kier molecular flexibility index (Phi) is 3.09. The molecule has 0 aromatic rings. The van der Waals surface area contributed by atoms with Gasteiger partial charge in [-0.05, 0) is 25.8 Å². The van der Waals surface area contributed by atoms with Crippen LogP contribution >= 0.6 is 0 Å². The van der Waals surface area contributed by atoms with Gasteiger partial charge in [0.2, 0.25) is 0 Å². The van der Waals surface area contributed by atoms with Crippen molar-refractivity contribution in [2.24, 2.45) is 5.92 Å². The highest BCUT2D eigenvalue weighted by Gasteiger charge is 2.24. The summed E-state index contributed by atoms with van der Waals surface area (Å²) in [4.78, 5) is 0. The van der Waals surface area contributed by atoms with Crippen LogP contribution in [0.3, 0.4) is 0 Å². The molecule has 0 saturated carbocycles. The van der Waals surface area contributed by atoms with E-state index in [2.05, 4.69) is 5.32 Å². The predicted molar refractivity (Wildman–Crippen MR) is 46.4 cm³/mol. The first-order valence-electron chi connectivity index (χ1n) is 4.08. The van der Waals surface area contributed by atoms with E-state index in [-0.39, 0.29) is 6.10 Å². The lowest BCUT2D eigenvalue weighted by atomic mass is 10.0. The zero-order valence-corrected chi connectivity index (χ0v) is 8.23. The first-order valence-corrected chi connectivity index (χ1v) is 5.89. The molecule has 0 aliphatic carbocycles. The van der Waals surface area contributed by atoms with E-state index < -0.39 is 10.1 Å². The summed E-state index contributed by atoms with van der Waals surface area (Å²) < 4.78 is 26.4. The Bertz CT molecular complexity index is 231. The van der Waals surface area contributed by atoms with Gasteiger partial charge in [0, 0.05) is 6.54 Å². The van der Waals surface area contributed by atoms with Crippen molar-refractivity contribution in [1.29, 1.82) is 0 Å². The van der Waals surface area contributed by atoms with Gasteiger partial charge in [-0.3, -0.25) is 4.18 Å². The van der Waals surface area contributed by atoms with Crippen molar-refractivity contribution in [3.63, 3.8) is 0 Å². The third kappa shape index (κ3) is 3.08. The smallest absolute Gasteiger partial charge is 0.264 e. The average Bonchev–Trinajstić information content (AvgIpc) is 2.32. The molecular weight excluding hydrogens is 178 g/mol. The van der Waals surface area contributed by atoms with Gasteiger partial charge in [-0.1, -0.05) is 0 Å². The zero-order chi connectivity index (χ0) is 9.19. The molecule has 1 saturated heterocycles. The van der Waals surface area contributed by atoms with Crippen molar-refractivity contribution in [2.75, 3.05) is 19.3 Å². The molecule has 0 radical (unpaired) electrons. The van der Waals surface area contributed by atoms with Crippen LogP contribution in [0, 0.1) is 5.92 Å². The quantitative estimate of drug-likeness (QED) is 0.639. The molecule has 4 nitrogen and oxygen atoms in total. The zero-order valence-electron chi connectivity index (χ0n) is 7.41. The van der Waals surface area contributed by atoms with Crippen LogP contribution < -0.4 is 5.32 Å². The molecule has 0 amide bonds. The Balaban J connectivity index is 2.42. The average molecular weight is 193 g/mol. The molecule has 0 aromatic heterocycles. The van der Waals surface area contributed by atoms with Crippen molar-refractivity contribution >= 4 is 10.1 Å². The van der Waals surface area contributed by atoms with Gasteiger partial charge in [0.1, 0.15) is 0 Å². The Morgan fingerprint density at radius 3 is 2.67 bits per heavy atom. The maximum atomic E-state index is 10.8. The molecule has 1 N–H and O–H groups in total. The Labute approximate surface area is 73.4 Å². The number of hydrogen-bond donors (Lipinski definition) is 1. The normalized spacial score (nSPS) is 27.3. The van der Waals surface area contributed by atoms with Crippen LogP contribution in [0.5, 0.6) is 0 Å². The summed E-state index contributed by atoms with van der Waals surface area (Å²) in [5, 5.41) is 3.16. The second-order valence-corrected chi connectivity index (χ2v) is 4.86. The van der Waals surface area contributed by atoms with Gasteiger partial charge in [-0.25, -0.2) is 0 Å². The SMILES string of the molecule is CC(OS(C)(=O)=O)C1CCNC1. The van der Waals surface area contributed by atoms with Gasteiger partial charge >= 0.3 is 0 Å². The van der Waals surface area contributed by atoms with E-state index >= 15 is 0 Å². The first-order chi connectivity index (χ1) is 5.49. The fourth-order valence-corrected chi connectivity index (χ4v) is 2.14. The lowest BCUT2D eigenvalue weighted by Crippen LogP contribution is -2.25. The summed E-state index contributed by atoms with van der Waals surface area (Å²) in [5.74, 6) is 0.333. The topological polar surface area (TPSA) is 55.4 Å². The lowest BCUT2D eigenvalue weighted by molar-refractivity contribution is 0.170. The Morgan fingerprint density at radius 2 is 2.25 bits per heavy atom. The van der Waals surface area contributed by atoms with Crippen molar-refractivity contribution in [1.82, 2.24) is 5.32 Å². The van der Waals surface area contributed by atoms with Gasteiger partial charge in [0.25, 0.3) is 10.1 Å². The van der Waals surface area contributed by atoms with E-state index in [4.69, 9.17) is 4.18 Å². The number of hydrogen-bond acceptors (Lipinski definition) is 4. The number of rotatable bonds is 3. The van der Waals surface area contributed by atoms with E-state index in [1.54, 1.807) is 6.92 Å². The highest BCUT2D eigenvalue weighted by Crippen LogP contribution is 2.16. The molecule has 1 aliphatic heterocycles. The van der Waals surface area contributed by atoms with Crippen LogP contribution in [0.15, 0.2) is 0 Å². The van der Waals surface area contributed by atoms with Crippen LogP contribution in [0.2, 0.25) is 0 Å². The van der Waals surface area contributed by atoms with E-state index in [0.29, 0.717) is 5.92 Å². The molecule has 2 unspecified atom stereocenters. The van der Waals surface area contributed by atoms with E-state index in [1.807, 2.05) is 0 Å². The summed E-state index contributed by atoms with van der Waals surface area (Å²) in [7, 11) is -3.29. The molecule has 0 bridgehead atoms. The lowest BCUT2D eigenvalue weighted by Gasteiger charge is -2.16. The Hall–Kier alpha value is -0.130. The molecule has 1 aliphatic rings. The highest BCUT2D eigenvalue weighted by atomic mass is 32.2. The van der Waals surface area contributed by atoms with Crippen molar-refractivity contribution in [2.45, 2.75) is 19.4 Å². The summed E-state index contributed by atoms with van der Waals surface area (Å²) in [6.07, 6.45) is 1.89. The minimum Gasteiger partial charge on any atom is -0.316 e. The van der Waals surface area contributed by atoms with Crippen LogP contribution in [0.1, 0.15) is 13.3 Å². The number of nitrogens with one attached hydrogen (secondary N) is 1. The molecule has 1 rings (SSSR count).